The topological polar surface area (TPSA) is 66.2 Å². The summed E-state index contributed by atoms with van der Waals surface area (Å²) >= 11 is 0. The molecule has 2 heterocycles. The van der Waals surface area contributed by atoms with Crippen LogP contribution in [0.25, 0.3) is 0 Å². The summed E-state index contributed by atoms with van der Waals surface area (Å²) in [4.78, 5) is 12.0. The zero-order valence-corrected chi connectivity index (χ0v) is 13.4. The number of esters is 1. The van der Waals surface area contributed by atoms with Gasteiger partial charge in [0, 0.05) is 12.6 Å². The number of nitrogens with zero attached hydrogens (tertiary/aromatic N) is 3. The van der Waals surface area contributed by atoms with Crippen molar-refractivity contribution in [1.29, 1.82) is 0 Å². The van der Waals surface area contributed by atoms with Gasteiger partial charge < -0.3 is 14.0 Å². The Morgan fingerprint density at radius 3 is 2.71 bits per heavy atom. The number of carbonyl (C=O) groups is 1. The molecule has 0 amide bonds. The molecule has 0 radical (unpaired) electrons. The number of ether oxygens (including phenoxy) is 2. The predicted molar refractivity (Wildman–Crippen MR) is 78.3 cm³/mol. The van der Waals surface area contributed by atoms with Crippen molar-refractivity contribution in [2.45, 2.75) is 65.0 Å². The van der Waals surface area contributed by atoms with E-state index in [4.69, 9.17) is 9.47 Å². The second-order valence-corrected chi connectivity index (χ2v) is 5.55. The van der Waals surface area contributed by atoms with E-state index in [9.17, 15) is 4.79 Å². The molecule has 1 atom stereocenters. The maximum atomic E-state index is 12.0. The number of rotatable bonds is 5. The van der Waals surface area contributed by atoms with Crippen molar-refractivity contribution in [2.75, 3.05) is 13.2 Å². The van der Waals surface area contributed by atoms with E-state index in [-0.39, 0.29) is 11.6 Å². The monoisotopic (exact) mass is 295 g/mol. The van der Waals surface area contributed by atoms with Gasteiger partial charge in [-0.15, -0.1) is 10.2 Å². The molecule has 0 saturated carbocycles. The van der Waals surface area contributed by atoms with E-state index in [1.54, 1.807) is 6.92 Å². The highest BCUT2D eigenvalue weighted by Gasteiger charge is 2.37. The summed E-state index contributed by atoms with van der Waals surface area (Å²) in [7, 11) is 0. The minimum atomic E-state index is -0.400. The van der Waals surface area contributed by atoms with Crippen LogP contribution in [0.5, 0.6) is 0 Å². The number of hydrogen-bond donors (Lipinski definition) is 0. The SMILES string of the molecule is CCOC(=O)c1nnc(C)n1C1CCOC(CC)(CC)C1. The molecule has 1 unspecified atom stereocenters. The zero-order valence-electron chi connectivity index (χ0n) is 13.4. The predicted octanol–water partition coefficient (Wildman–Crippen LogP) is 2.67. The minimum Gasteiger partial charge on any atom is -0.460 e. The number of aryl methyl sites for hydroxylation is 1. The van der Waals surface area contributed by atoms with Crippen LogP contribution in [0.1, 0.15) is 68.9 Å². The van der Waals surface area contributed by atoms with E-state index in [0.717, 1.165) is 31.5 Å². The van der Waals surface area contributed by atoms with E-state index in [2.05, 4.69) is 24.0 Å². The molecule has 1 aliphatic heterocycles. The zero-order chi connectivity index (χ0) is 15.5. The van der Waals surface area contributed by atoms with Crippen LogP contribution in [0.4, 0.5) is 0 Å². The number of carbonyl (C=O) groups excluding carboxylic acids is 1. The van der Waals surface area contributed by atoms with Gasteiger partial charge in [0.25, 0.3) is 0 Å². The fraction of sp³-hybridized carbons (Fsp3) is 0.800. The van der Waals surface area contributed by atoms with Gasteiger partial charge in [-0.3, -0.25) is 0 Å². The van der Waals surface area contributed by atoms with Crippen molar-refractivity contribution in [3.05, 3.63) is 11.6 Å². The van der Waals surface area contributed by atoms with Crippen molar-refractivity contribution < 1.29 is 14.3 Å². The first-order valence-corrected chi connectivity index (χ1v) is 7.79. The lowest BCUT2D eigenvalue weighted by Gasteiger charge is -2.40. The maximum Gasteiger partial charge on any atom is 0.376 e. The third-order valence-corrected chi connectivity index (χ3v) is 4.45. The van der Waals surface area contributed by atoms with Crippen LogP contribution in [0.15, 0.2) is 0 Å². The van der Waals surface area contributed by atoms with Gasteiger partial charge in [0.1, 0.15) is 5.82 Å². The van der Waals surface area contributed by atoms with Crippen LogP contribution in [0, 0.1) is 6.92 Å². The van der Waals surface area contributed by atoms with Crippen molar-refractivity contribution in [3.63, 3.8) is 0 Å². The molecule has 1 saturated heterocycles. The number of aromatic nitrogens is 3. The smallest absolute Gasteiger partial charge is 0.376 e. The molecular formula is C15H25N3O3. The first kappa shape index (κ1) is 15.9. The second kappa shape index (κ2) is 6.56. The average molecular weight is 295 g/mol. The highest BCUT2D eigenvalue weighted by molar-refractivity contribution is 5.85. The van der Waals surface area contributed by atoms with Gasteiger partial charge in [0.15, 0.2) is 0 Å². The summed E-state index contributed by atoms with van der Waals surface area (Å²) in [5.41, 5.74) is -0.106. The molecule has 0 N–H and O–H groups in total. The highest BCUT2D eigenvalue weighted by atomic mass is 16.5. The molecule has 6 heteroatoms. The normalized spacial score (nSPS) is 21.2. The molecule has 1 aromatic heterocycles. The van der Waals surface area contributed by atoms with Crippen LogP contribution in [-0.2, 0) is 9.47 Å². The van der Waals surface area contributed by atoms with E-state index < -0.39 is 5.97 Å². The molecule has 1 fully saturated rings. The molecule has 118 valence electrons. The first-order chi connectivity index (χ1) is 10.1. The second-order valence-electron chi connectivity index (χ2n) is 5.55. The quantitative estimate of drug-likeness (QED) is 0.781. The lowest BCUT2D eigenvalue weighted by Crippen LogP contribution is -2.40. The third kappa shape index (κ3) is 3.10. The van der Waals surface area contributed by atoms with Crippen LogP contribution in [0.3, 0.4) is 0 Å². The molecule has 1 aliphatic rings. The summed E-state index contributed by atoms with van der Waals surface area (Å²) in [6.07, 6.45) is 3.68. The lowest BCUT2D eigenvalue weighted by molar-refractivity contribution is -0.0992. The molecule has 0 aromatic carbocycles. The van der Waals surface area contributed by atoms with Gasteiger partial charge in [-0.25, -0.2) is 4.79 Å². The van der Waals surface area contributed by atoms with Gasteiger partial charge in [-0.2, -0.15) is 0 Å². The summed E-state index contributed by atoms with van der Waals surface area (Å²) in [6, 6.07) is 0.188. The maximum absolute atomic E-state index is 12.0. The molecule has 2 rings (SSSR count). The van der Waals surface area contributed by atoms with Gasteiger partial charge in [0.2, 0.25) is 5.82 Å². The fourth-order valence-electron chi connectivity index (χ4n) is 3.11. The fourth-order valence-corrected chi connectivity index (χ4v) is 3.11. The van der Waals surface area contributed by atoms with Gasteiger partial charge in [0.05, 0.1) is 12.2 Å². The Kier molecular flexibility index (Phi) is 4.98. The Morgan fingerprint density at radius 2 is 2.10 bits per heavy atom. The van der Waals surface area contributed by atoms with E-state index >= 15 is 0 Å². The number of hydrogen-bond acceptors (Lipinski definition) is 5. The third-order valence-electron chi connectivity index (χ3n) is 4.45. The standard InChI is InChI=1S/C15H25N3O3/c1-5-15(6-2)10-12(8-9-21-15)18-11(4)16-17-13(18)14(19)20-7-3/h12H,5-10H2,1-4H3. The van der Waals surface area contributed by atoms with E-state index in [1.807, 2.05) is 11.5 Å². The Labute approximate surface area is 125 Å². The minimum absolute atomic E-state index is 0.106. The molecule has 0 aliphatic carbocycles. The molecule has 1 aromatic rings. The summed E-state index contributed by atoms with van der Waals surface area (Å²) in [5, 5.41) is 8.07. The first-order valence-electron chi connectivity index (χ1n) is 7.79. The molecule has 0 bridgehead atoms. The van der Waals surface area contributed by atoms with Crippen LogP contribution < -0.4 is 0 Å². The van der Waals surface area contributed by atoms with E-state index in [0.29, 0.717) is 19.0 Å². The summed E-state index contributed by atoms with van der Waals surface area (Å²) < 4.78 is 13.0. The van der Waals surface area contributed by atoms with Gasteiger partial charge >= 0.3 is 5.97 Å². The van der Waals surface area contributed by atoms with Crippen molar-refractivity contribution in [3.8, 4) is 0 Å². The molecular weight excluding hydrogens is 270 g/mol. The Morgan fingerprint density at radius 1 is 1.38 bits per heavy atom. The lowest BCUT2D eigenvalue weighted by atomic mass is 9.85. The van der Waals surface area contributed by atoms with Gasteiger partial charge in [-0.1, -0.05) is 13.8 Å². The Balaban J connectivity index is 2.29. The van der Waals surface area contributed by atoms with E-state index in [1.165, 1.54) is 0 Å². The molecule has 6 nitrogen and oxygen atoms in total. The average Bonchev–Trinajstić information content (AvgIpc) is 2.89. The van der Waals surface area contributed by atoms with Crippen molar-refractivity contribution in [1.82, 2.24) is 14.8 Å². The van der Waals surface area contributed by atoms with Crippen molar-refractivity contribution in [2.24, 2.45) is 0 Å². The molecule has 0 spiro atoms. The van der Waals surface area contributed by atoms with Crippen LogP contribution >= 0.6 is 0 Å². The Hall–Kier alpha value is -1.43. The van der Waals surface area contributed by atoms with Crippen LogP contribution in [0.2, 0.25) is 0 Å². The largest absolute Gasteiger partial charge is 0.460 e. The Bertz CT molecular complexity index is 494. The highest BCUT2D eigenvalue weighted by Crippen LogP contribution is 2.38. The molecule has 21 heavy (non-hydrogen) atoms. The van der Waals surface area contributed by atoms with Crippen molar-refractivity contribution >= 4 is 5.97 Å². The van der Waals surface area contributed by atoms with Gasteiger partial charge in [-0.05, 0) is 39.5 Å². The summed E-state index contributed by atoms with van der Waals surface area (Å²) in [6.45, 7) is 9.01. The summed E-state index contributed by atoms with van der Waals surface area (Å²) in [5.74, 6) is 0.664. The van der Waals surface area contributed by atoms with Crippen LogP contribution in [-0.4, -0.2) is 39.5 Å².